The molecular formula is C19H24F3N3OS. The number of alkyl halides is 3. The van der Waals surface area contributed by atoms with E-state index < -0.39 is 12.7 Å². The fraction of sp³-hybridized carbons (Fsp3) is 0.368. The molecule has 4 N–H and O–H groups in total. The fourth-order valence-electron chi connectivity index (χ4n) is 2.44. The zero-order chi connectivity index (χ0) is 19.7. The zero-order valence-corrected chi connectivity index (χ0v) is 15.9. The molecule has 0 heterocycles. The molecule has 0 spiro atoms. The van der Waals surface area contributed by atoms with Crippen LogP contribution in [0.2, 0.25) is 0 Å². The van der Waals surface area contributed by atoms with Crippen LogP contribution in [0.15, 0.2) is 47.4 Å². The van der Waals surface area contributed by atoms with Gasteiger partial charge in [0.25, 0.3) is 0 Å². The summed E-state index contributed by atoms with van der Waals surface area (Å²) in [7, 11) is 0. The van der Waals surface area contributed by atoms with Crippen LogP contribution in [0.1, 0.15) is 25.3 Å². The van der Waals surface area contributed by atoms with E-state index in [0.717, 1.165) is 31.3 Å². The lowest BCUT2D eigenvalue weighted by atomic mass is 10.1. The number of anilines is 1. The summed E-state index contributed by atoms with van der Waals surface area (Å²) in [5.41, 5.74) is 1.41. The quantitative estimate of drug-likeness (QED) is 0.373. The Labute approximate surface area is 161 Å². The Kier molecular flexibility index (Phi) is 8.27. The zero-order valence-electron chi connectivity index (χ0n) is 15.1. The second-order valence-electron chi connectivity index (χ2n) is 6.00. The molecule has 0 aliphatic rings. The van der Waals surface area contributed by atoms with Crippen LogP contribution in [0.25, 0.3) is 0 Å². The summed E-state index contributed by atoms with van der Waals surface area (Å²) in [6.45, 7) is 1.86. The minimum atomic E-state index is -4.25. The lowest BCUT2D eigenvalue weighted by Crippen LogP contribution is -2.28. The maximum atomic E-state index is 12.4. The first-order chi connectivity index (χ1) is 12.9. The molecule has 0 aliphatic heterocycles. The first kappa shape index (κ1) is 21.4. The van der Waals surface area contributed by atoms with E-state index >= 15 is 0 Å². The van der Waals surface area contributed by atoms with Gasteiger partial charge in [0.15, 0.2) is 5.75 Å². The predicted octanol–water partition coefficient (Wildman–Crippen LogP) is 5.31. The van der Waals surface area contributed by atoms with Gasteiger partial charge < -0.3 is 15.4 Å². The molecule has 0 saturated heterocycles. The maximum absolute atomic E-state index is 12.4. The summed E-state index contributed by atoms with van der Waals surface area (Å²) in [6, 6.07) is 12.8. The van der Waals surface area contributed by atoms with Crippen molar-refractivity contribution in [3.05, 3.63) is 48.0 Å². The number of hydrogen-bond acceptors (Lipinski definition) is 5. The summed E-state index contributed by atoms with van der Waals surface area (Å²) in [6.07, 6.45) is -2.26. The largest absolute Gasteiger partial charge is 0.454 e. The van der Waals surface area contributed by atoms with Crippen molar-refractivity contribution in [3.63, 3.8) is 0 Å². The number of unbranched alkanes of at least 4 members (excludes halogenated alkanes) is 1. The monoisotopic (exact) mass is 399 g/mol. The molecule has 0 atom stereocenters. The van der Waals surface area contributed by atoms with Gasteiger partial charge in [-0.25, -0.2) is 0 Å². The number of rotatable bonds is 10. The van der Waals surface area contributed by atoms with Gasteiger partial charge in [-0.1, -0.05) is 31.5 Å². The topological polar surface area (TPSA) is 59.3 Å². The van der Waals surface area contributed by atoms with E-state index in [0.29, 0.717) is 27.6 Å². The lowest BCUT2D eigenvalue weighted by Gasteiger charge is -2.18. The normalized spacial score (nSPS) is 11.4. The Balaban J connectivity index is 2.26. The molecule has 0 aliphatic carbocycles. The van der Waals surface area contributed by atoms with E-state index in [1.807, 2.05) is 30.3 Å². The van der Waals surface area contributed by atoms with Gasteiger partial charge in [0, 0.05) is 13.1 Å². The molecule has 0 bridgehead atoms. The molecule has 27 heavy (non-hydrogen) atoms. The van der Waals surface area contributed by atoms with Crippen LogP contribution in [0.5, 0.6) is 11.5 Å². The van der Waals surface area contributed by atoms with Crippen molar-refractivity contribution in [2.75, 3.05) is 18.4 Å². The molecule has 0 unspecified atom stereocenters. The number of para-hydroxylation sites is 1. The van der Waals surface area contributed by atoms with E-state index in [1.54, 1.807) is 12.1 Å². The van der Waals surface area contributed by atoms with Crippen molar-refractivity contribution in [2.24, 2.45) is 5.14 Å². The van der Waals surface area contributed by atoms with Gasteiger partial charge in [-0.3, -0.25) is 5.14 Å². The van der Waals surface area contributed by atoms with Gasteiger partial charge in [-0.15, -0.1) is 0 Å². The molecule has 0 radical (unpaired) electrons. The first-order valence-corrected chi connectivity index (χ1v) is 9.58. The Morgan fingerprint density at radius 2 is 1.89 bits per heavy atom. The van der Waals surface area contributed by atoms with Gasteiger partial charge in [0.05, 0.1) is 17.1 Å². The Hall–Kier alpha value is -1.90. The molecule has 0 saturated carbocycles. The van der Waals surface area contributed by atoms with E-state index in [1.165, 1.54) is 0 Å². The Morgan fingerprint density at radius 1 is 1.15 bits per heavy atom. The van der Waals surface area contributed by atoms with Gasteiger partial charge in [0.2, 0.25) is 0 Å². The van der Waals surface area contributed by atoms with Crippen LogP contribution >= 0.6 is 11.9 Å². The van der Waals surface area contributed by atoms with Crippen molar-refractivity contribution in [1.82, 2.24) is 5.32 Å². The summed E-state index contributed by atoms with van der Waals surface area (Å²) in [5.74, 6) is 1.23. The average Bonchev–Trinajstić information content (AvgIpc) is 2.63. The van der Waals surface area contributed by atoms with E-state index in [9.17, 15) is 13.2 Å². The number of halogens is 3. The van der Waals surface area contributed by atoms with Crippen LogP contribution in [-0.2, 0) is 6.54 Å². The van der Waals surface area contributed by atoms with Gasteiger partial charge in [-0.05, 0) is 48.2 Å². The molecule has 0 fully saturated rings. The second-order valence-corrected chi connectivity index (χ2v) is 6.68. The molecular weight excluding hydrogens is 375 g/mol. The number of ether oxygens (including phenoxy) is 1. The molecule has 0 amide bonds. The van der Waals surface area contributed by atoms with Crippen molar-refractivity contribution in [2.45, 2.75) is 37.4 Å². The number of nitrogens with one attached hydrogen (secondary N) is 2. The molecule has 4 nitrogen and oxygen atoms in total. The fourth-order valence-corrected chi connectivity index (χ4v) is 2.92. The van der Waals surface area contributed by atoms with Crippen LogP contribution in [0.4, 0.5) is 18.9 Å². The number of hydrogen-bond donors (Lipinski definition) is 3. The SMILES string of the molecule is CCCCNc1cc(CNCC(F)(F)F)cc(SN)c1Oc1ccccc1. The Morgan fingerprint density at radius 3 is 2.52 bits per heavy atom. The third-order valence-corrected chi connectivity index (χ3v) is 4.26. The van der Waals surface area contributed by atoms with Crippen LogP contribution in [0, 0.1) is 0 Å². The van der Waals surface area contributed by atoms with E-state index in [-0.39, 0.29) is 6.54 Å². The summed E-state index contributed by atoms with van der Waals surface area (Å²) in [4.78, 5) is 0.657. The number of nitrogens with two attached hydrogens (primary N) is 1. The highest BCUT2D eigenvalue weighted by molar-refractivity contribution is 7.97. The highest BCUT2D eigenvalue weighted by atomic mass is 32.2. The average molecular weight is 399 g/mol. The Bertz CT molecular complexity index is 711. The van der Waals surface area contributed by atoms with Gasteiger partial charge in [-0.2, -0.15) is 13.2 Å². The highest BCUT2D eigenvalue weighted by Gasteiger charge is 2.26. The summed E-state index contributed by atoms with van der Waals surface area (Å²) < 4.78 is 43.1. The van der Waals surface area contributed by atoms with Gasteiger partial charge >= 0.3 is 6.18 Å². The lowest BCUT2D eigenvalue weighted by molar-refractivity contribution is -0.125. The van der Waals surface area contributed by atoms with Crippen molar-refractivity contribution >= 4 is 17.6 Å². The summed E-state index contributed by atoms with van der Waals surface area (Å²) >= 11 is 1.01. The van der Waals surface area contributed by atoms with Crippen molar-refractivity contribution in [1.29, 1.82) is 0 Å². The molecule has 148 valence electrons. The third kappa shape index (κ3) is 7.32. The molecule has 2 rings (SSSR count). The highest BCUT2D eigenvalue weighted by Crippen LogP contribution is 2.38. The van der Waals surface area contributed by atoms with Crippen LogP contribution < -0.4 is 20.5 Å². The maximum Gasteiger partial charge on any atom is 0.401 e. The standard InChI is InChI=1S/C19H24F3N3OS/c1-2-3-9-25-16-10-14(12-24-13-19(20,21)22)11-17(27-23)18(16)26-15-7-5-4-6-8-15/h4-8,10-11,24-25H,2-3,9,12-13,23H2,1H3. The van der Waals surface area contributed by atoms with Crippen LogP contribution in [0.3, 0.4) is 0 Å². The minimum absolute atomic E-state index is 0.0845. The first-order valence-electron chi connectivity index (χ1n) is 8.71. The molecule has 2 aromatic carbocycles. The third-order valence-electron chi connectivity index (χ3n) is 3.71. The van der Waals surface area contributed by atoms with Crippen LogP contribution in [-0.4, -0.2) is 19.3 Å². The van der Waals surface area contributed by atoms with Crippen molar-refractivity contribution < 1.29 is 17.9 Å². The summed E-state index contributed by atoms with van der Waals surface area (Å²) in [5, 5.41) is 11.5. The number of benzene rings is 2. The van der Waals surface area contributed by atoms with Gasteiger partial charge in [0.1, 0.15) is 5.75 Å². The van der Waals surface area contributed by atoms with E-state index in [2.05, 4.69) is 17.6 Å². The van der Waals surface area contributed by atoms with Crippen molar-refractivity contribution in [3.8, 4) is 11.5 Å². The molecule has 0 aromatic heterocycles. The van der Waals surface area contributed by atoms with E-state index in [4.69, 9.17) is 9.88 Å². The smallest absolute Gasteiger partial charge is 0.401 e. The second kappa shape index (κ2) is 10.4. The predicted molar refractivity (Wildman–Crippen MR) is 104 cm³/mol. The molecule has 2 aromatic rings. The molecule has 8 heteroatoms. The minimum Gasteiger partial charge on any atom is -0.454 e.